The molecule has 0 fully saturated rings. The predicted octanol–water partition coefficient (Wildman–Crippen LogP) is 3.96. The van der Waals surface area contributed by atoms with Crippen molar-refractivity contribution in [2.75, 3.05) is 14.1 Å². The lowest BCUT2D eigenvalue weighted by Gasteiger charge is -2.31. The van der Waals surface area contributed by atoms with E-state index in [1.807, 2.05) is 0 Å². The molecule has 122 valence electrons. The first-order chi connectivity index (χ1) is 9.58. The molecule has 1 aromatic heterocycles. The van der Waals surface area contributed by atoms with Crippen LogP contribution in [0.5, 0.6) is 0 Å². The number of hydrogen-bond donors (Lipinski definition) is 1. The first kappa shape index (κ1) is 19.0. The number of rotatable bonds is 2. The number of aromatic nitrogens is 2. The molecule has 0 bridgehead atoms. The highest BCUT2D eigenvalue weighted by Gasteiger charge is 2.23. The molecule has 1 atom stereocenters. The summed E-state index contributed by atoms with van der Waals surface area (Å²) in [6, 6.07) is 7.40. The van der Waals surface area contributed by atoms with Crippen LogP contribution < -0.4 is 0 Å². The molecule has 0 saturated carbocycles. The second-order valence-electron chi connectivity index (χ2n) is 6.11. The Morgan fingerprint density at radius 3 is 2.50 bits per heavy atom. The zero-order valence-corrected chi connectivity index (χ0v) is 15.3. The monoisotopic (exact) mass is 341 g/mol. The fourth-order valence-corrected chi connectivity index (χ4v) is 3.41. The van der Waals surface area contributed by atoms with Crippen molar-refractivity contribution in [3.05, 3.63) is 40.7 Å². The van der Waals surface area contributed by atoms with E-state index in [-0.39, 0.29) is 24.8 Å². The second-order valence-corrected chi connectivity index (χ2v) is 6.11. The van der Waals surface area contributed by atoms with Gasteiger partial charge in [-0.05, 0) is 63.9 Å². The molecule has 1 unspecified atom stereocenters. The van der Waals surface area contributed by atoms with Gasteiger partial charge in [-0.1, -0.05) is 18.2 Å². The molecule has 0 spiro atoms. The van der Waals surface area contributed by atoms with E-state index in [1.54, 1.807) is 0 Å². The van der Waals surface area contributed by atoms with E-state index >= 15 is 0 Å². The fourth-order valence-electron chi connectivity index (χ4n) is 3.41. The number of halogens is 2. The predicted molar refractivity (Wildman–Crippen MR) is 97.5 cm³/mol. The Bertz CT molecular complexity index is 615. The molecule has 1 aliphatic rings. The minimum Gasteiger partial charge on any atom is -0.306 e. The summed E-state index contributed by atoms with van der Waals surface area (Å²) < 4.78 is 0. The Labute approximate surface area is 145 Å². The van der Waals surface area contributed by atoms with Gasteiger partial charge in [0, 0.05) is 17.3 Å². The quantitative estimate of drug-likeness (QED) is 0.896. The van der Waals surface area contributed by atoms with E-state index in [4.69, 9.17) is 0 Å². The van der Waals surface area contributed by atoms with Crippen LogP contribution in [-0.2, 0) is 12.8 Å². The lowest BCUT2D eigenvalue weighted by molar-refractivity contribution is 0.268. The van der Waals surface area contributed by atoms with Crippen molar-refractivity contribution in [2.45, 2.75) is 39.2 Å². The smallest absolute Gasteiger partial charge is 0.0672 e. The van der Waals surface area contributed by atoms with Crippen molar-refractivity contribution in [2.24, 2.45) is 0 Å². The lowest BCUT2D eigenvalue weighted by Crippen LogP contribution is -2.33. The third-order valence-electron chi connectivity index (χ3n) is 4.58. The van der Waals surface area contributed by atoms with Crippen LogP contribution in [0.4, 0.5) is 0 Å². The van der Waals surface area contributed by atoms with Crippen molar-refractivity contribution >= 4 is 24.8 Å². The number of benzene rings is 1. The largest absolute Gasteiger partial charge is 0.306 e. The molecule has 1 aliphatic carbocycles. The summed E-state index contributed by atoms with van der Waals surface area (Å²) in [7, 11) is 4.37. The summed E-state index contributed by atoms with van der Waals surface area (Å²) in [4.78, 5) is 2.35. The molecule has 2 aromatic rings. The van der Waals surface area contributed by atoms with E-state index < -0.39 is 0 Å². The molecular formula is C17H25Cl2N3. The van der Waals surface area contributed by atoms with Gasteiger partial charge in [0.1, 0.15) is 0 Å². The number of hydrogen-bond acceptors (Lipinski definition) is 2. The average Bonchev–Trinajstić information content (AvgIpc) is 2.77. The molecule has 5 heteroatoms. The molecule has 0 aliphatic heterocycles. The highest BCUT2D eigenvalue weighted by atomic mass is 35.5. The summed E-state index contributed by atoms with van der Waals surface area (Å²) in [5.74, 6) is 0. The first-order valence-electron chi connectivity index (χ1n) is 7.37. The highest BCUT2D eigenvalue weighted by molar-refractivity contribution is 5.85. The Kier molecular flexibility index (Phi) is 6.48. The molecule has 3 nitrogen and oxygen atoms in total. The van der Waals surface area contributed by atoms with E-state index in [1.165, 1.54) is 40.8 Å². The van der Waals surface area contributed by atoms with Gasteiger partial charge >= 0.3 is 0 Å². The van der Waals surface area contributed by atoms with Crippen LogP contribution in [0.3, 0.4) is 0 Å². The summed E-state index contributed by atoms with van der Waals surface area (Å²) in [5.41, 5.74) is 7.98. The topological polar surface area (TPSA) is 31.9 Å². The maximum atomic E-state index is 4.35. The van der Waals surface area contributed by atoms with Gasteiger partial charge in [-0.15, -0.1) is 24.8 Å². The molecule has 0 saturated heterocycles. The summed E-state index contributed by atoms with van der Waals surface area (Å²) >= 11 is 0. The molecule has 1 aromatic carbocycles. The van der Waals surface area contributed by atoms with E-state index in [0.717, 1.165) is 12.1 Å². The van der Waals surface area contributed by atoms with Crippen LogP contribution in [0.1, 0.15) is 28.9 Å². The van der Waals surface area contributed by atoms with Crippen LogP contribution in [0, 0.1) is 13.8 Å². The van der Waals surface area contributed by atoms with Crippen LogP contribution in [-0.4, -0.2) is 35.2 Å². The third-order valence-corrected chi connectivity index (χ3v) is 4.58. The van der Waals surface area contributed by atoms with Gasteiger partial charge in [0.15, 0.2) is 0 Å². The van der Waals surface area contributed by atoms with Crippen molar-refractivity contribution in [3.63, 3.8) is 0 Å². The van der Waals surface area contributed by atoms with Gasteiger partial charge in [-0.2, -0.15) is 5.10 Å². The maximum absolute atomic E-state index is 4.35. The number of H-pyrrole nitrogens is 1. The lowest BCUT2D eigenvalue weighted by atomic mass is 9.83. The minimum absolute atomic E-state index is 0. The molecule has 1 heterocycles. The number of aromatic amines is 1. The standard InChI is InChI=1S/C17H23N3.2ClH/c1-11-17(12(2)19-18-11)16-7-5-6-13-10-14(20(3)4)8-9-15(13)16;;/h5-7,14H,8-10H2,1-4H3,(H,18,19);2*1H. The van der Waals surface area contributed by atoms with Crippen LogP contribution >= 0.6 is 24.8 Å². The Morgan fingerprint density at radius 1 is 1.18 bits per heavy atom. The van der Waals surface area contributed by atoms with E-state index in [0.29, 0.717) is 6.04 Å². The summed E-state index contributed by atoms with van der Waals surface area (Å²) in [6.45, 7) is 4.20. The van der Waals surface area contributed by atoms with Crippen molar-refractivity contribution in [1.82, 2.24) is 15.1 Å². The summed E-state index contributed by atoms with van der Waals surface area (Å²) in [6.07, 6.45) is 3.57. The number of aryl methyl sites for hydroxylation is 2. The number of nitrogens with zero attached hydrogens (tertiary/aromatic N) is 2. The van der Waals surface area contributed by atoms with Gasteiger partial charge < -0.3 is 4.90 Å². The minimum atomic E-state index is 0. The maximum Gasteiger partial charge on any atom is 0.0672 e. The normalized spacial score (nSPS) is 16.7. The van der Waals surface area contributed by atoms with E-state index in [9.17, 15) is 0 Å². The van der Waals surface area contributed by atoms with Gasteiger partial charge in [0.2, 0.25) is 0 Å². The average molecular weight is 342 g/mol. The van der Waals surface area contributed by atoms with Crippen molar-refractivity contribution in [1.29, 1.82) is 0 Å². The Hall–Kier alpha value is -1.03. The van der Waals surface area contributed by atoms with Crippen LogP contribution in [0.15, 0.2) is 18.2 Å². The van der Waals surface area contributed by atoms with Gasteiger partial charge in [0.25, 0.3) is 0 Å². The molecule has 0 amide bonds. The Balaban J connectivity index is 0.00000121. The zero-order chi connectivity index (χ0) is 14.3. The van der Waals surface area contributed by atoms with Gasteiger partial charge in [-0.25, -0.2) is 0 Å². The SMILES string of the molecule is Cc1n[nH]c(C)c1-c1cccc2c1CCC(N(C)C)C2.Cl.Cl. The first-order valence-corrected chi connectivity index (χ1v) is 7.37. The highest BCUT2D eigenvalue weighted by Crippen LogP contribution is 2.34. The third kappa shape index (κ3) is 3.32. The molecule has 3 rings (SSSR count). The van der Waals surface area contributed by atoms with Crippen molar-refractivity contribution in [3.8, 4) is 11.1 Å². The number of likely N-dealkylation sites (N-methyl/N-ethyl adjacent to an activating group) is 1. The Morgan fingerprint density at radius 2 is 1.91 bits per heavy atom. The fraction of sp³-hybridized carbons (Fsp3) is 0.471. The van der Waals surface area contributed by atoms with Crippen LogP contribution in [0.25, 0.3) is 11.1 Å². The van der Waals surface area contributed by atoms with Gasteiger partial charge in [-0.3, -0.25) is 5.10 Å². The molecular weight excluding hydrogens is 317 g/mol. The molecule has 0 radical (unpaired) electrons. The second kappa shape index (κ2) is 7.49. The summed E-state index contributed by atoms with van der Waals surface area (Å²) in [5, 5.41) is 7.46. The van der Waals surface area contributed by atoms with Crippen LogP contribution in [0.2, 0.25) is 0 Å². The molecule has 22 heavy (non-hydrogen) atoms. The zero-order valence-electron chi connectivity index (χ0n) is 13.6. The number of fused-ring (bicyclic) bond motifs is 1. The van der Waals surface area contributed by atoms with Crippen molar-refractivity contribution < 1.29 is 0 Å². The molecule has 1 N–H and O–H groups in total. The van der Waals surface area contributed by atoms with E-state index in [2.05, 4.69) is 61.2 Å². The van der Waals surface area contributed by atoms with Gasteiger partial charge in [0.05, 0.1) is 5.69 Å². The number of nitrogens with one attached hydrogen (secondary N) is 1.